The van der Waals surface area contributed by atoms with Crippen LogP contribution in [0.2, 0.25) is 0 Å². The van der Waals surface area contributed by atoms with Crippen molar-refractivity contribution in [2.45, 2.75) is 54.0 Å². The molecular formula is C15H27N3OS. The van der Waals surface area contributed by atoms with Crippen molar-refractivity contribution in [2.75, 3.05) is 11.9 Å². The van der Waals surface area contributed by atoms with Crippen LogP contribution in [0.4, 0.5) is 5.13 Å². The number of nitrogens with zero attached hydrogens (tertiary/aromatic N) is 1. The molecule has 1 rings (SSSR count). The molecule has 0 aliphatic carbocycles. The molecule has 0 aliphatic heterocycles. The van der Waals surface area contributed by atoms with Crippen LogP contribution in [-0.4, -0.2) is 17.4 Å². The number of rotatable bonds is 6. The van der Waals surface area contributed by atoms with E-state index in [1.165, 1.54) is 11.3 Å². The number of thiazole rings is 1. The molecule has 114 valence electrons. The predicted octanol–water partition coefficient (Wildman–Crippen LogP) is 3.82. The highest BCUT2D eigenvalue weighted by atomic mass is 32.1. The second kappa shape index (κ2) is 7.18. The van der Waals surface area contributed by atoms with Gasteiger partial charge in [-0.15, -0.1) is 11.3 Å². The normalized spacial score (nSPS) is 14.9. The topological polar surface area (TPSA) is 54.0 Å². The van der Waals surface area contributed by atoms with Crippen molar-refractivity contribution in [1.82, 2.24) is 10.3 Å². The van der Waals surface area contributed by atoms with Crippen molar-refractivity contribution in [2.24, 2.45) is 11.3 Å². The van der Waals surface area contributed by atoms with Crippen LogP contribution >= 0.6 is 11.3 Å². The molecule has 1 aromatic heterocycles. The summed E-state index contributed by atoms with van der Waals surface area (Å²) in [5.74, 6) is 0.382. The fourth-order valence-electron chi connectivity index (χ4n) is 1.71. The van der Waals surface area contributed by atoms with Crippen LogP contribution in [0, 0.1) is 11.3 Å². The second-order valence-corrected chi connectivity index (χ2v) is 7.23. The molecule has 1 amide bonds. The van der Waals surface area contributed by atoms with E-state index < -0.39 is 0 Å². The van der Waals surface area contributed by atoms with Crippen molar-refractivity contribution in [3.05, 3.63) is 11.1 Å². The Kier molecular flexibility index (Phi) is 6.14. The average Bonchev–Trinajstić information content (AvgIpc) is 2.76. The van der Waals surface area contributed by atoms with Gasteiger partial charge < -0.3 is 10.6 Å². The summed E-state index contributed by atoms with van der Waals surface area (Å²) in [5.41, 5.74) is 1.13. The van der Waals surface area contributed by atoms with E-state index in [0.717, 1.165) is 12.2 Å². The van der Waals surface area contributed by atoms with E-state index in [1.807, 2.05) is 5.38 Å². The van der Waals surface area contributed by atoms with Crippen LogP contribution in [-0.2, 0) is 4.79 Å². The van der Waals surface area contributed by atoms with E-state index >= 15 is 0 Å². The van der Waals surface area contributed by atoms with Gasteiger partial charge in [-0.05, 0) is 24.8 Å². The van der Waals surface area contributed by atoms with Crippen LogP contribution in [0.5, 0.6) is 0 Å². The number of nitrogens with one attached hydrogen (secondary N) is 2. The third kappa shape index (κ3) is 5.21. The van der Waals surface area contributed by atoms with Gasteiger partial charge in [-0.2, -0.15) is 0 Å². The minimum absolute atomic E-state index is 0.0458. The Hall–Kier alpha value is -0.940. The van der Waals surface area contributed by atoms with Gasteiger partial charge in [-0.25, -0.2) is 4.98 Å². The van der Waals surface area contributed by atoms with Gasteiger partial charge in [0.05, 0.1) is 5.69 Å². The largest absolute Gasteiger partial charge is 0.309 e. The zero-order valence-electron chi connectivity index (χ0n) is 13.4. The molecule has 2 unspecified atom stereocenters. The molecule has 20 heavy (non-hydrogen) atoms. The molecule has 0 bridgehead atoms. The Balaban J connectivity index is 2.55. The van der Waals surface area contributed by atoms with Gasteiger partial charge in [0.15, 0.2) is 5.13 Å². The molecule has 5 heteroatoms. The first-order chi connectivity index (χ1) is 9.24. The van der Waals surface area contributed by atoms with E-state index in [9.17, 15) is 4.79 Å². The van der Waals surface area contributed by atoms with Crippen molar-refractivity contribution in [1.29, 1.82) is 0 Å². The number of carbonyl (C=O) groups is 1. The van der Waals surface area contributed by atoms with Crippen molar-refractivity contribution in [3.8, 4) is 0 Å². The lowest BCUT2D eigenvalue weighted by atomic mass is 9.80. The Labute approximate surface area is 126 Å². The average molecular weight is 297 g/mol. The summed E-state index contributed by atoms with van der Waals surface area (Å²) in [4.78, 5) is 16.5. The minimum atomic E-state index is 0.0458. The molecule has 0 radical (unpaired) electrons. The van der Waals surface area contributed by atoms with Gasteiger partial charge in [0.1, 0.15) is 0 Å². The summed E-state index contributed by atoms with van der Waals surface area (Å²) in [5, 5.41) is 8.90. The van der Waals surface area contributed by atoms with Crippen molar-refractivity contribution in [3.63, 3.8) is 0 Å². The molecule has 2 atom stereocenters. The summed E-state index contributed by atoms with van der Waals surface area (Å²) in [6, 6.07) is 0.218. The van der Waals surface area contributed by atoms with E-state index in [0.29, 0.717) is 17.5 Å². The number of hydrogen-bond donors (Lipinski definition) is 2. The Morgan fingerprint density at radius 2 is 2.05 bits per heavy atom. The second-order valence-electron chi connectivity index (χ2n) is 6.38. The quantitative estimate of drug-likeness (QED) is 0.839. The standard InChI is InChI=1S/C15H27N3OS/c1-7-16-11(3)12-9-20-14(17-12)18-13(19)8-10(2)15(4,5)6/h9-11,16H,7-8H2,1-6H3,(H,17,18,19). The third-order valence-corrected chi connectivity index (χ3v) is 4.47. The van der Waals surface area contributed by atoms with Crippen LogP contribution in [0.1, 0.15) is 59.7 Å². The van der Waals surface area contributed by atoms with Crippen LogP contribution < -0.4 is 10.6 Å². The predicted molar refractivity (Wildman–Crippen MR) is 86.1 cm³/mol. The van der Waals surface area contributed by atoms with Gasteiger partial charge in [-0.3, -0.25) is 4.79 Å². The molecule has 1 aromatic rings. The van der Waals surface area contributed by atoms with Gasteiger partial charge in [-0.1, -0.05) is 34.6 Å². The zero-order chi connectivity index (χ0) is 15.3. The summed E-state index contributed by atoms with van der Waals surface area (Å²) in [6.07, 6.45) is 0.529. The molecular weight excluding hydrogens is 270 g/mol. The highest BCUT2D eigenvalue weighted by Gasteiger charge is 2.23. The Bertz CT molecular complexity index is 437. The minimum Gasteiger partial charge on any atom is -0.309 e. The van der Waals surface area contributed by atoms with Gasteiger partial charge in [0.2, 0.25) is 5.91 Å². The number of carbonyl (C=O) groups excluding carboxylic acids is 1. The molecule has 1 heterocycles. The summed E-state index contributed by atoms with van der Waals surface area (Å²) in [6.45, 7) is 13.6. The maximum atomic E-state index is 12.0. The SMILES string of the molecule is CCNC(C)c1csc(NC(=O)CC(C)C(C)(C)C)n1. The van der Waals surface area contributed by atoms with E-state index in [4.69, 9.17) is 0 Å². The molecule has 0 saturated carbocycles. The Morgan fingerprint density at radius 3 is 2.60 bits per heavy atom. The van der Waals surface area contributed by atoms with Gasteiger partial charge in [0.25, 0.3) is 0 Å². The fraction of sp³-hybridized carbons (Fsp3) is 0.733. The van der Waals surface area contributed by atoms with Crippen molar-refractivity contribution >= 4 is 22.4 Å². The van der Waals surface area contributed by atoms with Gasteiger partial charge in [0, 0.05) is 17.8 Å². The highest BCUT2D eigenvalue weighted by Crippen LogP contribution is 2.28. The lowest BCUT2D eigenvalue weighted by molar-refractivity contribution is -0.117. The van der Waals surface area contributed by atoms with Crippen LogP contribution in [0.3, 0.4) is 0 Å². The van der Waals surface area contributed by atoms with E-state index in [1.54, 1.807) is 0 Å². The fourth-order valence-corrected chi connectivity index (χ4v) is 2.53. The molecule has 4 nitrogen and oxygen atoms in total. The maximum Gasteiger partial charge on any atom is 0.226 e. The monoisotopic (exact) mass is 297 g/mol. The maximum absolute atomic E-state index is 12.0. The molecule has 2 N–H and O–H groups in total. The summed E-state index contributed by atoms with van der Waals surface area (Å²) < 4.78 is 0. The molecule has 0 aromatic carbocycles. The van der Waals surface area contributed by atoms with Gasteiger partial charge >= 0.3 is 0 Å². The molecule has 0 fully saturated rings. The van der Waals surface area contributed by atoms with E-state index in [-0.39, 0.29) is 17.4 Å². The number of hydrogen-bond acceptors (Lipinski definition) is 4. The molecule has 0 aliphatic rings. The summed E-state index contributed by atoms with van der Waals surface area (Å²) in [7, 11) is 0. The smallest absolute Gasteiger partial charge is 0.226 e. The van der Waals surface area contributed by atoms with Crippen molar-refractivity contribution < 1.29 is 4.79 Å². The molecule has 0 saturated heterocycles. The third-order valence-electron chi connectivity index (χ3n) is 3.69. The highest BCUT2D eigenvalue weighted by molar-refractivity contribution is 7.13. The number of anilines is 1. The lowest BCUT2D eigenvalue weighted by Crippen LogP contribution is -2.24. The van der Waals surface area contributed by atoms with Crippen LogP contribution in [0.15, 0.2) is 5.38 Å². The number of amides is 1. The first-order valence-corrected chi connectivity index (χ1v) is 8.10. The first kappa shape index (κ1) is 17.1. The first-order valence-electron chi connectivity index (χ1n) is 7.22. The Morgan fingerprint density at radius 1 is 1.40 bits per heavy atom. The summed E-state index contributed by atoms with van der Waals surface area (Å²) >= 11 is 1.48. The van der Waals surface area contributed by atoms with E-state index in [2.05, 4.69) is 57.2 Å². The zero-order valence-corrected chi connectivity index (χ0v) is 14.2. The lowest BCUT2D eigenvalue weighted by Gasteiger charge is -2.26. The van der Waals surface area contributed by atoms with Crippen LogP contribution in [0.25, 0.3) is 0 Å². The number of aromatic nitrogens is 1. The molecule has 0 spiro atoms.